The maximum absolute atomic E-state index is 12.1. The van der Waals surface area contributed by atoms with Crippen molar-refractivity contribution >= 4 is 5.91 Å². The zero-order valence-corrected chi connectivity index (χ0v) is 13.5. The molecule has 1 amide bonds. The third-order valence-corrected chi connectivity index (χ3v) is 3.86. The number of amides is 1. The topological polar surface area (TPSA) is 41.6 Å². The summed E-state index contributed by atoms with van der Waals surface area (Å²) in [6.45, 7) is 12.0. The second kappa shape index (κ2) is 6.48. The number of nitrogens with one attached hydrogen (secondary N) is 1. The zero-order valence-electron chi connectivity index (χ0n) is 13.5. The first-order valence-electron chi connectivity index (χ1n) is 7.60. The monoisotopic (exact) mass is 290 g/mol. The van der Waals surface area contributed by atoms with Gasteiger partial charge in [0.2, 0.25) is 0 Å². The third kappa shape index (κ3) is 4.21. The Bertz CT molecular complexity index is 500. The van der Waals surface area contributed by atoms with Crippen molar-refractivity contribution in [2.24, 2.45) is 0 Å². The van der Waals surface area contributed by atoms with Gasteiger partial charge in [0.1, 0.15) is 5.75 Å². The van der Waals surface area contributed by atoms with E-state index in [0.717, 1.165) is 37.5 Å². The Balaban J connectivity index is 1.95. The predicted molar refractivity (Wildman–Crippen MR) is 84.8 cm³/mol. The van der Waals surface area contributed by atoms with Crippen LogP contribution >= 0.6 is 0 Å². The number of nitrogens with zero attached hydrogens (tertiary/aromatic N) is 1. The lowest BCUT2D eigenvalue weighted by Gasteiger charge is -2.27. The highest BCUT2D eigenvalue weighted by molar-refractivity contribution is 5.78. The van der Waals surface area contributed by atoms with E-state index in [1.807, 2.05) is 17.9 Å². The summed E-state index contributed by atoms with van der Waals surface area (Å²) in [6.07, 6.45) is 0. The number of hydrogen-bond donors (Lipinski definition) is 1. The molecular weight excluding hydrogens is 264 g/mol. The fourth-order valence-electron chi connectivity index (χ4n) is 2.42. The second-order valence-corrected chi connectivity index (χ2v) is 6.65. The van der Waals surface area contributed by atoms with E-state index in [-0.39, 0.29) is 17.9 Å². The Morgan fingerprint density at radius 1 is 1.29 bits per heavy atom. The van der Waals surface area contributed by atoms with Gasteiger partial charge in [-0.25, -0.2) is 0 Å². The standard InChI is InChI=1S/C17H26N2O2/c1-13-11-14(17(2,3)4)5-6-15(13)21-12-16(20)19-9-7-18-8-10-19/h5-6,11,18H,7-10,12H2,1-4H3. The number of carbonyl (C=O) groups excluding carboxylic acids is 1. The summed E-state index contributed by atoms with van der Waals surface area (Å²) in [4.78, 5) is 13.9. The van der Waals surface area contributed by atoms with Gasteiger partial charge in [-0.15, -0.1) is 0 Å². The van der Waals surface area contributed by atoms with E-state index in [2.05, 4.69) is 38.2 Å². The first-order chi connectivity index (χ1) is 9.88. The number of hydrogen-bond acceptors (Lipinski definition) is 3. The molecule has 4 heteroatoms. The van der Waals surface area contributed by atoms with Crippen molar-refractivity contribution in [3.8, 4) is 5.75 Å². The molecule has 0 radical (unpaired) electrons. The first-order valence-corrected chi connectivity index (χ1v) is 7.60. The third-order valence-electron chi connectivity index (χ3n) is 3.86. The SMILES string of the molecule is Cc1cc(C(C)(C)C)ccc1OCC(=O)N1CCNCC1. The molecule has 1 fully saturated rings. The number of ether oxygens (including phenoxy) is 1. The second-order valence-electron chi connectivity index (χ2n) is 6.65. The van der Waals surface area contributed by atoms with Crippen molar-refractivity contribution in [2.75, 3.05) is 32.8 Å². The molecule has 21 heavy (non-hydrogen) atoms. The molecule has 0 aliphatic carbocycles. The highest BCUT2D eigenvalue weighted by atomic mass is 16.5. The summed E-state index contributed by atoms with van der Waals surface area (Å²) in [7, 11) is 0. The highest BCUT2D eigenvalue weighted by Crippen LogP contribution is 2.27. The van der Waals surface area contributed by atoms with E-state index in [1.165, 1.54) is 5.56 Å². The first kappa shape index (κ1) is 15.8. The van der Waals surface area contributed by atoms with Crippen LogP contribution in [0.2, 0.25) is 0 Å². The van der Waals surface area contributed by atoms with Crippen molar-refractivity contribution in [1.29, 1.82) is 0 Å². The van der Waals surface area contributed by atoms with E-state index < -0.39 is 0 Å². The minimum atomic E-state index is 0.0656. The molecule has 2 rings (SSSR count). The smallest absolute Gasteiger partial charge is 0.260 e. The van der Waals surface area contributed by atoms with Crippen LogP contribution in [0.4, 0.5) is 0 Å². The van der Waals surface area contributed by atoms with Crippen molar-refractivity contribution in [3.05, 3.63) is 29.3 Å². The van der Waals surface area contributed by atoms with Crippen LogP contribution in [0.15, 0.2) is 18.2 Å². The van der Waals surface area contributed by atoms with Gasteiger partial charge in [0, 0.05) is 26.2 Å². The minimum Gasteiger partial charge on any atom is -0.484 e. The lowest BCUT2D eigenvalue weighted by Crippen LogP contribution is -2.47. The molecule has 1 aliphatic rings. The van der Waals surface area contributed by atoms with Gasteiger partial charge < -0.3 is 15.0 Å². The molecule has 0 unspecified atom stereocenters. The molecule has 0 saturated carbocycles. The Hall–Kier alpha value is -1.55. The van der Waals surface area contributed by atoms with E-state index >= 15 is 0 Å². The van der Waals surface area contributed by atoms with Crippen molar-refractivity contribution in [2.45, 2.75) is 33.1 Å². The van der Waals surface area contributed by atoms with Crippen molar-refractivity contribution in [3.63, 3.8) is 0 Å². The molecule has 1 heterocycles. The normalized spacial score (nSPS) is 15.9. The molecular formula is C17H26N2O2. The van der Waals surface area contributed by atoms with Gasteiger partial charge >= 0.3 is 0 Å². The Labute approximate surface area is 127 Å². The largest absolute Gasteiger partial charge is 0.484 e. The Kier molecular flexibility index (Phi) is 4.88. The van der Waals surface area contributed by atoms with Crippen LogP contribution in [-0.2, 0) is 10.2 Å². The van der Waals surface area contributed by atoms with Crippen LogP contribution in [0.1, 0.15) is 31.9 Å². The average Bonchev–Trinajstić information content (AvgIpc) is 2.45. The fourth-order valence-corrected chi connectivity index (χ4v) is 2.42. The van der Waals surface area contributed by atoms with Gasteiger partial charge in [-0.1, -0.05) is 32.9 Å². The van der Waals surface area contributed by atoms with Gasteiger partial charge in [-0.3, -0.25) is 4.79 Å². The summed E-state index contributed by atoms with van der Waals surface area (Å²) >= 11 is 0. The highest BCUT2D eigenvalue weighted by Gasteiger charge is 2.18. The molecule has 1 aromatic carbocycles. The summed E-state index contributed by atoms with van der Waals surface area (Å²) in [6, 6.07) is 6.20. The van der Waals surface area contributed by atoms with E-state index in [0.29, 0.717) is 0 Å². The molecule has 0 spiro atoms. The fraction of sp³-hybridized carbons (Fsp3) is 0.588. The van der Waals surface area contributed by atoms with Crippen molar-refractivity contribution < 1.29 is 9.53 Å². The molecule has 1 N–H and O–H groups in total. The molecule has 1 saturated heterocycles. The molecule has 116 valence electrons. The molecule has 0 atom stereocenters. The lowest BCUT2D eigenvalue weighted by atomic mass is 9.86. The number of benzene rings is 1. The van der Waals surface area contributed by atoms with E-state index in [1.54, 1.807) is 0 Å². The lowest BCUT2D eigenvalue weighted by molar-refractivity contribution is -0.133. The maximum Gasteiger partial charge on any atom is 0.260 e. The zero-order chi connectivity index (χ0) is 15.5. The number of aryl methyl sites for hydroxylation is 1. The molecule has 0 bridgehead atoms. The quantitative estimate of drug-likeness (QED) is 0.927. The van der Waals surface area contributed by atoms with Gasteiger partial charge in [-0.2, -0.15) is 0 Å². The molecule has 4 nitrogen and oxygen atoms in total. The number of piperazine rings is 1. The molecule has 1 aliphatic heterocycles. The molecule has 1 aromatic rings. The molecule has 0 aromatic heterocycles. The summed E-state index contributed by atoms with van der Waals surface area (Å²) < 4.78 is 5.71. The summed E-state index contributed by atoms with van der Waals surface area (Å²) in [5.74, 6) is 0.863. The van der Waals surface area contributed by atoms with Gasteiger partial charge in [0.05, 0.1) is 0 Å². The van der Waals surface area contributed by atoms with Crippen LogP contribution in [0, 0.1) is 6.92 Å². The maximum atomic E-state index is 12.1. The number of rotatable bonds is 3. The number of carbonyl (C=O) groups is 1. The Morgan fingerprint density at radius 2 is 1.95 bits per heavy atom. The van der Waals surface area contributed by atoms with E-state index in [9.17, 15) is 4.79 Å². The predicted octanol–water partition coefficient (Wildman–Crippen LogP) is 2.10. The average molecular weight is 290 g/mol. The van der Waals surface area contributed by atoms with Gasteiger partial charge in [-0.05, 0) is 29.5 Å². The summed E-state index contributed by atoms with van der Waals surface area (Å²) in [5, 5.41) is 3.24. The van der Waals surface area contributed by atoms with Crippen LogP contribution in [0.3, 0.4) is 0 Å². The van der Waals surface area contributed by atoms with Crippen LogP contribution in [0.5, 0.6) is 5.75 Å². The summed E-state index contributed by atoms with van der Waals surface area (Å²) in [5.41, 5.74) is 2.48. The van der Waals surface area contributed by atoms with Crippen LogP contribution < -0.4 is 10.1 Å². The van der Waals surface area contributed by atoms with E-state index in [4.69, 9.17) is 4.74 Å². The minimum absolute atomic E-state index is 0.0656. The Morgan fingerprint density at radius 3 is 2.52 bits per heavy atom. The van der Waals surface area contributed by atoms with Crippen LogP contribution in [0.25, 0.3) is 0 Å². The van der Waals surface area contributed by atoms with Crippen LogP contribution in [-0.4, -0.2) is 43.6 Å². The van der Waals surface area contributed by atoms with Gasteiger partial charge in [0.25, 0.3) is 5.91 Å². The van der Waals surface area contributed by atoms with Gasteiger partial charge in [0.15, 0.2) is 6.61 Å². The van der Waals surface area contributed by atoms with Crippen molar-refractivity contribution in [1.82, 2.24) is 10.2 Å².